The number of rotatable bonds is 44. The number of aromatic nitrogens is 1. The number of hydrogen-bond donors (Lipinski definition) is 8. The minimum absolute atomic E-state index is 0.0618. The summed E-state index contributed by atoms with van der Waals surface area (Å²) in [7, 11) is 0. The number of nitrogens with zero attached hydrogens (tertiary/aromatic N) is 1. The summed E-state index contributed by atoms with van der Waals surface area (Å²) >= 11 is 0. The van der Waals surface area contributed by atoms with Crippen molar-refractivity contribution in [1.82, 2.24) is 26.0 Å². The van der Waals surface area contributed by atoms with Gasteiger partial charge in [-0.15, -0.1) is 4.73 Å². The van der Waals surface area contributed by atoms with E-state index in [1.807, 2.05) is 0 Å². The number of carboxylic acid groups (broad SMARTS) is 2. The van der Waals surface area contributed by atoms with Crippen LogP contribution in [0.1, 0.15) is 154 Å². The second-order valence-corrected chi connectivity index (χ2v) is 17.8. The van der Waals surface area contributed by atoms with Gasteiger partial charge in [-0.1, -0.05) is 89.9 Å². The van der Waals surface area contributed by atoms with E-state index in [1.54, 1.807) is 0 Å². The number of nitrogens with one attached hydrogen (secondary N) is 4. The van der Waals surface area contributed by atoms with E-state index >= 15 is 0 Å². The molecule has 0 bridgehead atoms. The lowest BCUT2D eigenvalue weighted by Gasteiger charge is -2.28. The molecule has 0 radical (unpaired) electrons. The molecule has 1 aromatic heterocycles. The average molecular weight is 998 g/mol. The first kappa shape index (κ1) is 61.1. The first-order chi connectivity index (χ1) is 33.8. The van der Waals surface area contributed by atoms with Crippen LogP contribution in [0.5, 0.6) is 11.8 Å². The molecule has 8 N–H and O–H groups in total. The normalized spacial score (nSPS) is 14.9. The van der Waals surface area contributed by atoms with Crippen LogP contribution in [0.4, 0.5) is 0 Å². The molecular formula is C49H83N5O16. The summed E-state index contributed by atoms with van der Waals surface area (Å²) in [5.74, 6) is -4.70. The molecule has 1 aliphatic rings. The number of hydrogen-bond acceptors (Lipinski definition) is 14. The quantitative estimate of drug-likeness (QED) is 0.0417. The minimum atomic E-state index is -1.21. The van der Waals surface area contributed by atoms with Crippen LogP contribution in [0, 0.1) is 11.8 Å². The number of carboxylic acids is 2. The highest BCUT2D eigenvalue weighted by atomic mass is 16.7. The summed E-state index contributed by atoms with van der Waals surface area (Å²) < 4.78 is 21.6. The van der Waals surface area contributed by atoms with Crippen molar-refractivity contribution >= 4 is 41.5 Å². The van der Waals surface area contributed by atoms with Crippen LogP contribution in [-0.2, 0) is 52.5 Å². The largest absolute Gasteiger partial charge is 0.492 e. The van der Waals surface area contributed by atoms with Crippen LogP contribution in [0.3, 0.4) is 0 Å². The molecule has 1 heterocycles. The molecule has 21 heteroatoms. The number of carbonyl (C=O) groups is 7. The minimum Gasteiger partial charge on any atom is -0.492 e. The second-order valence-electron chi connectivity index (χ2n) is 17.8. The Labute approximate surface area is 412 Å². The zero-order valence-corrected chi connectivity index (χ0v) is 41.3. The Morgan fingerprint density at radius 1 is 0.543 bits per heavy atom. The number of amides is 4. The molecule has 0 saturated heterocycles. The van der Waals surface area contributed by atoms with Crippen LogP contribution >= 0.6 is 0 Å². The fourth-order valence-corrected chi connectivity index (χ4v) is 7.88. The van der Waals surface area contributed by atoms with E-state index in [0.29, 0.717) is 30.5 Å². The second kappa shape index (κ2) is 39.7. The Morgan fingerprint density at radius 2 is 1.00 bits per heavy atom. The standard InChI is InChI=1S/C49H83N5O16/c55-41(17-15-13-11-9-7-5-3-1-2-4-6-8-10-12-14-16-18-46(60)61)52-35-38-19-21-39(22-20-38)48(63)53-40(49(64)65)23-24-42(56)50-27-29-66-31-33-68-36-43(57)51-28-30-67-32-34-69-37-47(62)70-54-44(58)25-26-45(54)59/h25-26,38-40,58-59H,1-24,27-37H2,(H,50,56)(H,51,57)(H,52,55)(H,53,63)(H,60,61)(H,64,65)/t38?,39?,40-/m0/s1. The molecule has 1 atom stereocenters. The molecule has 0 aliphatic heterocycles. The number of ether oxygens (including phenoxy) is 4. The van der Waals surface area contributed by atoms with Crippen LogP contribution in [0.25, 0.3) is 0 Å². The van der Waals surface area contributed by atoms with Crippen molar-refractivity contribution in [3.05, 3.63) is 12.1 Å². The lowest BCUT2D eigenvalue weighted by atomic mass is 9.81. The number of aromatic hydroxyl groups is 2. The van der Waals surface area contributed by atoms with Crippen molar-refractivity contribution in [2.45, 2.75) is 160 Å². The molecule has 2 rings (SSSR count). The molecule has 70 heavy (non-hydrogen) atoms. The molecule has 1 aromatic rings. The van der Waals surface area contributed by atoms with Crippen LogP contribution in [0.2, 0.25) is 0 Å². The Balaban J connectivity index is 1.37. The molecule has 0 spiro atoms. The lowest BCUT2D eigenvalue weighted by molar-refractivity contribution is -0.151. The van der Waals surface area contributed by atoms with Crippen LogP contribution in [0.15, 0.2) is 12.1 Å². The smallest absolute Gasteiger partial charge is 0.358 e. The SMILES string of the molecule is O=C(O)CCCCCCCCCCCCCCCCCCC(=O)NCC1CCC(C(=O)N[C@@H](CCC(=O)NCCOCCOCC(=O)NCCOCCOCC(=O)On2c(O)ccc2O)C(=O)O)CC1. The van der Waals surface area contributed by atoms with E-state index in [0.717, 1.165) is 63.5 Å². The topological polar surface area (TPSA) is 300 Å². The van der Waals surface area contributed by atoms with Crippen molar-refractivity contribution in [3.63, 3.8) is 0 Å². The molecule has 1 aliphatic carbocycles. The highest BCUT2D eigenvalue weighted by Gasteiger charge is 2.30. The van der Waals surface area contributed by atoms with Crippen molar-refractivity contribution < 1.29 is 77.8 Å². The van der Waals surface area contributed by atoms with Gasteiger partial charge in [0, 0.05) is 56.9 Å². The fourth-order valence-electron chi connectivity index (χ4n) is 7.88. The highest BCUT2D eigenvalue weighted by Crippen LogP contribution is 2.29. The van der Waals surface area contributed by atoms with Crippen molar-refractivity contribution in [2.24, 2.45) is 11.8 Å². The predicted molar refractivity (Wildman–Crippen MR) is 257 cm³/mol. The number of unbranched alkanes of at least 4 members (excludes halogenated alkanes) is 15. The van der Waals surface area contributed by atoms with E-state index in [9.17, 15) is 48.9 Å². The summed E-state index contributed by atoms with van der Waals surface area (Å²) in [5, 5.41) is 48.2. The Kier molecular flexibility index (Phi) is 34.7. The predicted octanol–water partition coefficient (Wildman–Crippen LogP) is 4.53. The summed E-state index contributed by atoms with van der Waals surface area (Å²) in [4.78, 5) is 88.5. The van der Waals surface area contributed by atoms with Crippen LogP contribution < -0.4 is 26.1 Å². The van der Waals surface area contributed by atoms with E-state index in [1.165, 1.54) is 64.2 Å². The van der Waals surface area contributed by atoms with Gasteiger partial charge in [0.15, 0.2) is 0 Å². The number of carbonyl (C=O) groups excluding carboxylic acids is 5. The van der Waals surface area contributed by atoms with E-state index in [-0.39, 0.29) is 114 Å². The lowest BCUT2D eigenvalue weighted by Crippen LogP contribution is -2.45. The summed E-state index contributed by atoms with van der Waals surface area (Å²) in [6.07, 6.45) is 22.0. The maximum Gasteiger partial charge on any atom is 0.358 e. The maximum absolute atomic E-state index is 13.0. The Morgan fingerprint density at radius 3 is 1.51 bits per heavy atom. The van der Waals surface area contributed by atoms with Gasteiger partial charge in [0.1, 0.15) is 19.3 Å². The molecule has 0 aromatic carbocycles. The van der Waals surface area contributed by atoms with Crippen LogP contribution in [-0.4, -0.2) is 145 Å². The maximum atomic E-state index is 13.0. The van der Waals surface area contributed by atoms with Crippen molar-refractivity contribution in [2.75, 3.05) is 72.5 Å². The third kappa shape index (κ3) is 32.0. The van der Waals surface area contributed by atoms with Gasteiger partial charge in [0.2, 0.25) is 35.4 Å². The third-order valence-electron chi connectivity index (χ3n) is 11.9. The van der Waals surface area contributed by atoms with Gasteiger partial charge in [0.25, 0.3) is 0 Å². The zero-order chi connectivity index (χ0) is 51.0. The molecule has 1 saturated carbocycles. The first-order valence-corrected chi connectivity index (χ1v) is 25.5. The average Bonchev–Trinajstić information content (AvgIpc) is 3.65. The molecule has 21 nitrogen and oxygen atoms in total. The van der Waals surface area contributed by atoms with Gasteiger partial charge in [-0.05, 0) is 50.9 Å². The van der Waals surface area contributed by atoms with Crippen molar-refractivity contribution in [3.8, 4) is 11.8 Å². The van der Waals surface area contributed by atoms with Gasteiger partial charge in [-0.2, -0.15) is 0 Å². The van der Waals surface area contributed by atoms with E-state index in [2.05, 4.69) is 21.3 Å². The molecule has 400 valence electrons. The van der Waals surface area contributed by atoms with E-state index in [4.69, 9.17) is 28.9 Å². The van der Waals surface area contributed by atoms with Gasteiger partial charge >= 0.3 is 17.9 Å². The van der Waals surface area contributed by atoms with Gasteiger partial charge in [-0.3, -0.25) is 24.0 Å². The molecular weight excluding hydrogens is 915 g/mol. The van der Waals surface area contributed by atoms with Gasteiger partial charge in [0.05, 0.1) is 39.6 Å². The summed E-state index contributed by atoms with van der Waals surface area (Å²) in [5.41, 5.74) is 0. The van der Waals surface area contributed by atoms with Gasteiger partial charge in [-0.25, -0.2) is 9.59 Å². The Bertz CT molecular complexity index is 1620. The van der Waals surface area contributed by atoms with E-state index < -0.39 is 42.3 Å². The summed E-state index contributed by atoms with van der Waals surface area (Å²) in [6, 6.07) is 1.10. The zero-order valence-electron chi connectivity index (χ0n) is 41.3. The monoisotopic (exact) mass is 998 g/mol. The fraction of sp³-hybridized carbons (Fsp3) is 0.776. The first-order valence-electron chi connectivity index (χ1n) is 25.5. The number of aliphatic carboxylic acids is 2. The van der Waals surface area contributed by atoms with Crippen molar-refractivity contribution in [1.29, 1.82) is 0 Å². The van der Waals surface area contributed by atoms with Gasteiger partial charge < -0.3 is 65.5 Å². The third-order valence-corrected chi connectivity index (χ3v) is 11.9. The molecule has 0 unspecified atom stereocenters. The molecule has 4 amide bonds. The molecule has 1 fully saturated rings. The highest BCUT2D eigenvalue weighted by molar-refractivity contribution is 5.85. The summed E-state index contributed by atoms with van der Waals surface area (Å²) in [6.45, 7) is 1.19. The Hall–Kier alpha value is -4.99.